The van der Waals surface area contributed by atoms with Crippen LogP contribution in [0.2, 0.25) is 5.02 Å². The summed E-state index contributed by atoms with van der Waals surface area (Å²) in [6.45, 7) is 3.53. The molecular formula is C12H15ClN2O4. The molecule has 1 aromatic rings. The van der Waals surface area contributed by atoms with Crippen LogP contribution in [0.25, 0.3) is 0 Å². The molecule has 0 saturated carbocycles. The normalized spacial score (nSPS) is 12.3. The van der Waals surface area contributed by atoms with E-state index in [1.165, 1.54) is 12.1 Å². The minimum Gasteiger partial charge on any atom is -0.394 e. The van der Waals surface area contributed by atoms with Crippen molar-refractivity contribution in [3.05, 3.63) is 38.9 Å². The maximum absolute atomic E-state index is 11.9. The fraction of sp³-hybridized carbons (Fsp3) is 0.417. The van der Waals surface area contributed by atoms with E-state index in [4.69, 9.17) is 16.7 Å². The summed E-state index contributed by atoms with van der Waals surface area (Å²) in [5.41, 5.74) is -0.0320. The van der Waals surface area contributed by atoms with Gasteiger partial charge in [0.05, 0.1) is 28.2 Å². The molecule has 104 valence electrons. The van der Waals surface area contributed by atoms with Crippen LogP contribution in [0.15, 0.2) is 18.2 Å². The maximum atomic E-state index is 11.9. The Hall–Kier alpha value is -1.66. The van der Waals surface area contributed by atoms with E-state index in [2.05, 4.69) is 5.32 Å². The molecule has 0 aliphatic carbocycles. The predicted molar refractivity (Wildman–Crippen MR) is 71.3 cm³/mol. The Bertz CT molecular complexity index is 491. The summed E-state index contributed by atoms with van der Waals surface area (Å²) in [5.74, 6) is -0.404. The zero-order chi connectivity index (χ0) is 14.6. The van der Waals surface area contributed by atoms with Crippen molar-refractivity contribution in [2.75, 3.05) is 6.61 Å². The first-order valence-corrected chi connectivity index (χ1v) is 6.10. The summed E-state index contributed by atoms with van der Waals surface area (Å²) in [4.78, 5) is 21.9. The minimum atomic E-state index is -0.585. The number of nitrogens with one attached hydrogen (secondary N) is 1. The third-order valence-electron chi connectivity index (χ3n) is 2.73. The number of hydrogen-bond donors (Lipinski definition) is 2. The average Bonchev–Trinajstić information content (AvgIpc) is 2.34. The highest BCUT2D eigenvalue weighted by Gasteiger charge is 2.19. The van der Waals surface area contributed by atoms with Crippen molar-refractivity contribution in [2.24, 2.45) is 5.92 Å². The highest BCUT2D eigenvalue weighted by molar-refractivity contribution is 6.34. The zero-order valence-electron chi connectivity index (χ0n) is 10.6. The van der Waals surface area contributed by atoms with Gasteiger partial charge in [-0.15, -0.1) is 0 Å². The van der Waals surface area contributed by atoms with Gasteiger partial charge in [0, 0.05) is 12.1 Å². The average molecular weight is 287 g/mol. The number of nitro groups is 1. The van der Waals surface area contributed by atoms with E-state index in [0.717, 1.165) is 6.07 Å². The molecule has 1 atom stereocenters. The third kappa shape index (κ3) is 3.90. The smallest absolute Gasteiger partial charge is 0.270 e. The van der Waals surface area contributed by atoms with Gasteiger partial charge in [-0.2, -0.15) is 0 Å². The lowest BCUT2D eigenvalue weighted by atomic mass is 10.0. The zero-order valence-corrected chi connectivity index (χ0v) is 11.3. The summed E-state index contributed by atoms with van der Waals surface area (Å²) in [6, 6.07) is 3.24. The predicted octanol–water partition coefficient (Wildman–Crippen LogP) is 1.99. The van der Waals surface area contributed by atoms with Gasteiger partial charge >= 0.3 is 0 Å². The Morgan fingerprint density at radius 3 is 2.58 bits per heavy atom. The molecule has 0 aliphatic rings. The molecule has 7 heteroatoms. The Labute approximate surface area is 115 Å². The molecule has 6 nitrogen and oxygen atoms in total. The highest BCUT2D eigenvalue weighted by Crippen LogP contribution is 2.22. The van der Waals surface area contributed by atoms with Gasteiger partial charge in [0.1, 0.15) is 0 Å². The number of aliphatic hydroxyl groups excluding tert-OH is 1. The first-order chi connectivity index (χ1) is 8.86. The first-order valence-electron chi connectivity index (χ1n) is 5.72. The minimum absolute atomic E-state index is 0.00662. The van der Waals surface area contributed by atoms with Crippen LogP contribution in [0.3, 0.4) is 0 Å². The molecule has 19 heavy (non-hydrogen) atoms. The van der Waals surface area contributed by atoms with E-state index >= 15 is 0 Å². The molecule has 0 aromatic heterocycles. The van der Waals surface area contributed by atoms with E-state index < -0.39 is 16.9 Å². The van der Waals surface area contributed by atoms with Crippen LogP contribution in [0.4, 0.5) is 5.69 Å². The second-order valence-electron chi connectivity index (χ2n) is 4.43. The van der Waals surface area contributed by atoms with Crippen LogP contribution >= 0.6 is 11.6 Å². The van der Waals surface area contributed by atoms with Gasteiger partial charge in [-0.1, -0.05) is 25.4 Å². The number of carbonyl (C=O) groups is 1. The van der Waals surface area contributed by atoms with Crippen LogP contribution in [-0.4, -0.2) is 28.6 Å². The number of carbonyl (C=O) groups excluding carboxylic acids is 1. The van der Waals surface area contributed by atoms with Gasteiger partial charge in [0.2, 0.25) is 0 Å². The van der Waals surface area contributed by atoms with Crippen molar-refractivity contribution in [2.45, 2.75) is 19.9 Å². The number of non-ortho nitro benzene ring substituents is 1. The van der Waals surface area contributed by atoms with E-state index in [9.17, 15) is 14.9 Å². The van der Waals surface area contributed by atoms with Crippen molar-refractivity contribution >= 4 is 23.2 Å². The number of halogens is 1. The lowest BCUT2D eigenvalue weighted by molar-refractivity contribution is -0.384. The Kier molecular flexibility index (Phi) is 5.26. The van der Waals surface area contributed by atoms with Gasteiger partial charge in [-0.3, -0.25) is 14.9 Å². The molecule has 0 radical (unpaired) electrons. The molecule has 1 amide bonds. The van der Waals surface area contributed by atoms with Crippen molar-refractivity contribution in [3.8, 4) is 0 Å². The third-order valence-corrected chi connectivity index (χ3v) is 3.04. The largest absolute Gasteiger partial charge is 0.394 e. The van der Waals surface area contributed by atoms with Crippen LogP contribution in [0, 0.1) is 16.0 Å². The van der Waals surface area contributed by atoms with Gasteiger partial charge in [0.25, 0.3) is 11.6 Å². The molecule has 0 bridgehead atoms. The molecule has 0 fully saturated rings. The fourth-order valence-corrected chi connectivity index (χ4v) is 1.73. The van der Waals surface area contributed by atoms with Crippen molar-refractivity contribution in [3.63, 3.8) is 0 Å². The van der Waals surface area contributed by atoms with Crippen LogP contribution in [0.5, 0.6) is 0 Å². The van der Waals surface area contributed by atoms with Crippen LogP contribution in [0.1, 0.15) is 24.2 Å². The van der Waals surface area contributed by atoms with E-state index in [0.29, 0.717) is 0 Å². The Morgan fingerprint density at radius 1 is 1.53 bits per heavy atom. The summed E-state index contributed by atoms with van der Waals surface area (Å²) >= 11 is 5.85. The summed E-state index contributed by atoms with van der Waals surface area (Å²) in [5, 5.41) is 22.3. The summed E-state index contributed by atoms with van der Waals surface area (Å²) < 4.78 is 0. The number of hydrogen-bond acceptors (Lipinski definition) is 4. The quantitative estimate of drug-likeness (QED) is 0.639. The standard InChI is InChI=1S/C12H15ClN2O4/c1-7(2)11(6-16)14-12(17)9-4-3-8(15(18)19)5-10(9)13/h3-5,7,11,16H,6H2,1-2H3,(H,14,17)/t11-/m1/s1. The monoisotopic (exact) mass is 286 g/mol. The van der Waals surface area contributed by atoms with Gasteiger partial charge in [-0.05, 0) is 12.0 Å². The molecule has 0 spiro atoms. The lowest BCUT2D eigenvalue weighted by Gasteiger charge is -2.20. The topological polar surface area (TPSA) is 92.5 Å². The van der Waals surface area contributed by atoms with Crippen molar-refractivity contribution in [1.82, 2.24) is 5.32 Å². The highest BCUT2D eigenvalue weighted by atomic mass is 35.5. The molecule has 0 aliphatic heterocycles. The molecule has 1 aromatic carbocycles. The molecule has 0 heterocycles. The summed E-state index contributed by atoms with van der Waals surface area (Å²) in [6.07, 6.45) is 0. The van der Waals surface area contributed by atoms with Gasteiger partial charge in [0.15, 0.2) is 0 Å². The van der Waals surface area contributed by atoms with E-state index in [1.807, 2.05) is 13.8 Å². The number of nitrogens with zero attached hydrogens (tertiary/aromatic N) is 1. The van der Waals surface area contributed by atoms with E-state index in [1.54, 1.807) is 0 Å². The van der Waals surface area contributed by atoms with Crippen molar-refractivity contribution in [1.29, 1.82) is 0 Å². The lowest BCUT2D eigenvalue weighted by Crippen LogP contribution is -2.41. The number of aliphatic hydroxyl groups is 1. The molecule has 2 N–H and O–H groups in total. The fourth-order valence-electron chi connectivity index (χ4n) is 1.47. The van der Waals surface area contributed by atoms with Crippen LogP contribution < -0.4 is 5.32 Å². The van der Waals surface area contributed by atoms with Crippen LogP contribution in [-0.2, 0) is 0 Å². The van der Waals surface area contributed by atoms with Gasteiger partial charge in [-0.25, -0.2) is 0 Å². The van der Waals surface area contributed by atoms with E-state index in [-0.39, 0.29) is 28.8 Å². The number of nitro benzene ring substituents is 1. The number of rotatable bonds is 5. The second kappa shape index (κ2) is 6.49. The molecular weight excluding hydrogens is 272 g/mol. The molecule has 0 saturated heterocycles. The number of benzene rings is 1. The van der Waals surface area contributed by atoms with Crippen molar-refractivity contribution < 1.29 is 14.8 Å². The number of amides is 1. The molecule has 0 unspecified atom stereocenters. The Morgan fingerprint density at radius 2 is 2.16 bits per heavy atom. The maximum Gasteiger partial charge on any atom is 0.270 e. The first kappa shape index (κ1) is 15.4. The Balaban J connectivity index is 2.91. The second-order valence-corrected chi connectivity index (χ2v) is 4.84. The summed E-state index contributed by atoms with van der Waals surface area (Å²) in [7, 11) is 0. The van der Waals surface area contributed by atoms with Gasteiger partial charge < -0.3 is 10.4 Å². The SMILES string of the molecule is CC(C)[C@@H](CO)NC(=O)c1ccc([N+](=O)[O-])cc1Cl. The molecule has 1 rings (SSSR count).